The van der Waals surface area contributed by atoms with Crippen LogP contribution in [0.25, 0.3) is 11.0 Å². The van der Waals surface area contributed by atoms with E-state index >= 15 is 0 Å². The van der Waals surface area contributed by atoms with Crippen LogP contribution in [0.4, 0.5) is 0 Å². The Balaban J connectivity index is 0.00000156. The summed E-state index contributed by atoms with van der Waals surface area (Å²) < 4.78 is 5.23. The molecule has 2 unspecified atom stereocenters. The van der Waals surface area contributed by atoms with E-state index in [2.05, 4.69) is 10.6 Å². The Morgan fingerprint density at radius 3 is 2.61 bits per heavy atom. The summed E-state index contributed by atoms with van der Waals surface area (Å²) in [7, 11) is 0. The minimum Gasteiger partial charge on any atom is -0.422 e. The molecule has 4 rings (SSSR count). The van der Waals surface area contributed by atoms with Crippen LogP contribution in [0.1, 0.15) is 36.0 Å². The summed E-state index contributed by atoms with van der Waals surface area (Å²) in [6.07, 6.45) is 4.21. The maximum atomic E-state index is 12.4. The second-order valence-corrected chi connectivity index (χ2v) is 6.27. The summed E-state index contributed by atoms with van der Waals surface area (Å²) in [5.41, 5.74) is 0.0154. The number of halogens is 1. The first-order valence-corrected chi connectivity index (χ1v) is 7.79. The van der Waals surface area contributed by atoms with Crippen molar-refractivity contribution in [2.75, 3.05) is 0 Å². The third-order valence-corrected chi connectivity index (χ3v) is 4.69. The quantitative estimate of drug-likeness (QED) is 0.826. The van der Waals surface area contributed by atoms with Crippen LogP contribution in [0.3, 0.4) is 0 Å². The van der Waals surface area contributed by atoms with Crippen molar-refractivity contribution in [1.82, 2.24) is 10.6 Å². The highest BCUT2D eigenvalue weighted by molar-refractivity contribution is 5.96. The Bertz CT molecular complexity index is 777. The minimum atomic E-state index is -0.576. The van der Waals surface area contributed by atoms with Gasteiger partial charge in [-0.05, 0) is 37.8 Å². The standard InChI is InChI=1S/C17H18N2O3.ClH/c20-16(19-13-8-11-5-6-12(9-13)18-11)14-7-10-3-1-2-4-15(10)22-17(14)21;/h1-4,7,11-13,18H,5-6,8-9H2,(H,19,20);1H. The topological polar surface area (TPSA) is 71.3 Å². The molecule has 2 N–H and O–H groups in total. The number of para-hydroxylation sites is 1. The van der Waals surface area contributed by atoms with Crippen molar-refractivity contribution in [1.29, 1.82) is 0 Å². The Labute approximate surface area is 139 Å². The number of carbonyl (C=O) groups excluding carboxylic acids is 1. The Kier molecular flexibility index (Phi) is 4.41. The lowest BCUT2D eigenvalue weighted by molar-refractivity contribution is 0.0920. The van der Waals surface area contributed by atoms with Crippen molar-refractivity contribution in [3.63, 3.8) is 0 Å². The fraction of sp³-hybridized carbons (Fsp3) is 0.412. The Morgan fingerprint density at radius 1 is 1.17 bits per heavy atom. The van der Waals surface area contributed by atoms with Gasteiger partial charge in [-0.3, -0.25) is 4.79 Å². The summed E-state index contributed by atoms with van der Waals surface area (Å²) in [5, 5.41) is 7.30. The van der Waals surface area contributed by atoms with Crippen LogP contribution in [0.2, 0.25) is 0 Å². The van der Waals surface area contributed by atoms with E-state index in [1.54, 1.807) is 18.2 Å². The number of hydrogen-bond acceptors (Lipinski definition) is 4. The number of carbonyl (C=O) groups is 1. The Morgan fingerprint density at radius 2 is 1.87 bits per heavy atom. The minimum absolute atomic E-state index is 0. The van der Waals surface area contributed by atoms with Crippen LogP contribution in [0, 0.1) is 0 Å². The lowest BCUT2D eigenvalue weighted by atomic mass is 9.99. The zero-order chi connectivity index (χ0) is 15.1. The predicted octanol–water partition coefficient (Wildman–Crippen LogP) is 2.23. The Hall–Kier alpha value is -1.85. The van der Waals surface area contributed by atoms with Crippen LogP contribution in [0.15, 0.2) is 39.5 Å². The lowest BCUT2D eigenvalue weighted by Crippen LogP contribution is -2.48. The molecule has 2 atom stereocenters. The monoisotopic (exact) mass is 334 g/mol. The van der Waals surface area contributed by atoms with Gasteiger partial charge in [0.2, 0.25) is 0 Å². The highest BCUT2D eigenvalue weighted by atomic mass is 35.5. The molecule has 0 spiro atoms. The first kappa shape index (κ1) is 16.0. The van der Waals surface area contributed by atoms with Gasteiger partial charge in [-0.1, -0.05) is 18.2 Å². The third-order valence-electron chi connectivity index (χ3n) is 4.69. The maximum Gasteiger partial charge on any atom is 0.349 e. The maximum absolute atomic E-state index is 12.4. The number of hydrogen-bond donors (Lipinski definition) is 2. The molecule has 2 aromatic rings. The van der Waals surface area contributed by atoms with E-state index in [4.69, 9.17) is 4.42 Å². The molecule has 1 amide bonds. The first-order valence-electron chi connectivity index (χ1n) is 7.79. The van der Waals surface area contributed by atoms with Gasteiger partial charge in [0.05, 0.1) is 0 Å². The molecule has 2 saturated heterocycles. The van der Waals surface area contributed by atoms with E-state index < -0.39 is 5.63 Å². The molecule has 2 aliphatic rings. The van der Waals surface area contributed by atoms with E-state index in [0.29, 0.717) is 17.7 Å². The summed E-state index contributed by atoms with van der Waals surface area (Å²) >= 11 is 0. The molecule has 6 heteroatoms. The average Bonchev–Trinajstić information content (AvgIpc) is 2.85. The first-order chi connectivity index (χ1) is 10.7. The number of amides is 1. The highest BCUT2D eigenvalue weighted by Crippen LogP contribution is 2.26. The average molecular weight is 335 g/mol. The van der Waals surface area contributed by atoms with Gasteiger partial charge in [0.1, 0.15) is 11.1 Å². The number of fused-ring (bicyclic) bond motifs is 3. The summed E-state index contributed by atoms with van der Waals surface area (Å²) in [5.74, 6) is -0.328. The van der Waals surface area contributed by atoms with E-state index in [0.717, 1.165) is 18.2 Å². The molecule has 3 heterocycles. The molecule has 5 nitrogen and oxygen atoms in total. The van der Waals surface area contributed by atoms with Crippen LogP contribution < -0.4 is 16.3 Å². The van der Waals surface area contributed by atoms with Crippen LogP contribution in [-0.4, -0.2) is 24.0 Å². The SMILES string of the molecule is Cl.O=C(NC1CC2CCC(C1)N2)c1cc2ccccc2oc1=O. The van der Waals surface area contributed by atoms with Crippen molar-refractivity contribution in [3.05, 3.63) is 46.3 Å². The van der Waals surface area contributed by atoms with Gasteiger partial charge in [0.25, 0.3) is 5.91 Å². The zero-order valence-corrected chi connectivity index (χ0v) is 13.4. The van der Waals surface area contributed by atoms with Crippen molar-refractivity contribution >= 4 is 29.3 Å². The molecule has 2 aliphatic heterocycles. The number of piperidine rings is 1. The fourth-order valence-electron chi connectivity index (χ4n) is 3.66. The lowest BCUT2D eigenvalue weighted by Gasteiger charge is -2.29. The van der Waals surface area contributed by atoms with E-state index in [1.807, 2.05) is 12.1 Å². The van der Waals surface area contributed by atoms with Crippen molar-refractivity contribution in [2.45, 2.75) is 43.8 Å². The molecule has 23 heavy (non-hydrogen) atoms. The summed E-state index contributed by atoms with van der Waals surface area (Å²) in [6, 6.07) is 9.96. The molecule has 0 saturated carbocycles. The normalized spacial score (nSPS) is 25.8. The second kappa shape index (κ2) is 6.34. The smallest absolute Gasteiger partial charge is 0.349 e. The highest BCUT2D eigenvalue weighted by Gasteiger charge is 2.34. The summed E-state index contributed by atoms with van der Waals surface area (Å²) in [6.45, 7) is 0. The van der Waals surface area contributed by atoms with Gasteiger partial charge < -0.3 is 15.1 Å². The number of nitrogens with one attached hydrogen (secondary N) is 2. The number of rotatable bonds is 2. The molecule has 1 aromatic carbocycles. The summed E-state index contributed by atoms with van der Waals surface area (Å²) in [4.78, 5) is 24.4. The van der Waals surface area contributed by atoms with Crippen LogP contribution in [-0.2, 0) is 0 Å². The largest absolute Gasteiger partial charge is 0.422 e. The van der Waals surface area contributed by atoms with E-state index in [-0.39, 0.29) is 29.9 Å². The predicted molar refractivity (Wildman–Crippen MR) is 90.2 cm³/mol. The molecule has 0 radical (unpaired) electrons. The molecule has 0 aliphatic carbocycles. The van der Waals surface area contributed by atoms with Crippen molar-refractivity contribution < 1.29 is 9.21 Å². The molecular weight excluding hydrogens is 316 g/mol. The van der Waals surface area contributed by atoms with Crippen LogP contribution >= 0.6 is 12.4 Å². The van der Waals surface area contributed by atoms with Crippen molar-refractivity contribution in [2.24, 2.45) is 0 Å². The van der Waals surface area contributed by atoms with Gasteiger partial charge in [0.15, 0.2) is 0 Å². The van der Waals surface area contributed by atoms with Gasteiger partial charge in [-0.2, -0.15) is 0 Å². The van der Waals surface area contributed by atoms with Gasteiger partial charge in [0, 0.05) is 23.5 Å². The van der Waals surface area contributed by atoms with Gasteiger partial charge in [-0.25, -0.2) is 4.79 Å². The van der Waals surface area contributed by atoms with Gasteiger partial charge in [-0.15, -0.1) is 12.4 Å². The van der Waals surface area contributed by atoms with E-state index in [1.165, 1.54) is 12.8 Å². The molecule has 122 valence electrons. The molecule has 2 fully saturated rings. The van der Waals surface area contributed by atoms with Crippen molar-refractivity contribution in [3.8, 4) is 0 Å². The second-order valence-electron chi connectivity index (χ2n) is 6.27. The van der Waals surface area contributed by atoms with E-state index in [9.17, 15) is 9.59 Å². The van der Waals surface area contributed by atoms with Crippen LogP contribution in [0.5, 0.6) is 0 Å². The zero-order valence-electron chi connectivity index (χ0n) is 12.6. The van der Waals surface area contributed by atoms with Gasteiger partial charge >= 0.3 is 5.63 Å². The third kappa shape index (κ3) is 3.12. The fourth-order valence-corrected chi connectivity index (χ4v) is 3.66. The molecular formula is C17H19ClN2O3. The molecule has 1 aromatic heterocycles. The molecule has 2 bridgehead atoms. The number of benzene rings is 1.